The van der Waals surface area contributed by atoms with Crippen LogP contribution in [0.25, 0.3) is 53.2 Å². The fourth-order valence-electron chi connectivity index (χ4n) is 7.39. The summed E-state index contributed by atoms with van der Waals surface area (Å²) in [4.78, 5) is 2.40. The van der Waals surface area contributed by atoms with Crippen LogP contribution in [0.4, 0.5) is 17.1 Å². The summed E-state index contributed by atoms with van der Waals surface area (Å²) in [6, 6.07) is 55.7. The molecule has 0 atom stereocenters. The number of para-hydroxylation sites is 1. The van der Waals surface area contributed by atoms with Gasteiger partial charge in [-0.15, -0.1) is 11.3 Å². The SMILES string of the molecule is CC1(C)c2cc(N(c3ccccc3)c3cccc(-c4ccc5ccccc5c4)c3)ccc2-c2c1ccc1sc3ccccc3c21. The van der Waals surface area contributed by atoms with Crippen LogP contribution in [0.1, 0.15) is 25.0 Å². The molecule has 1 nitrogen and oxygen atoms in total. The van der Waals surface area contributed by atoms with E-state index in [2.05, 4.69) is 170 Å². The van der Waals surface area contributed by atoms with Gasteiger partial charge in [-0.1, -0.05) is 111 Å². The van der Waals surface area contributed by atoms with Gasteiger partial charge in [0.2, 0.25) is 0 Å². The molecule has 1 aliphatic carbocycles. The molecule has 8 aromatic rings. The number of anilines is 3. The van der Waals surface area contributed by atoms with Crippen molar-refractivity contribution < 1.29 is 0 Å². The van der Waals surface area contributed by atoms with Crippen LogP contribution in [-0.4, -0.2) is 0 Å². The fraction of sp³-hybridized carbons (Fsp3) is 0.0698. The first kappa shape index (κ1) is 26.2. The predicted molar refractivity (Wildman–Crippen MR) is 195 cm³/mol. The molecule has 0 spiro atoms. The molecule has 2 heteroatoms. The van der Waals surface area contributed by atoms with E-state index in [-0.39, 0.29) is 5.41 Å². The summed E-state index contributed by atoms with van der Waals surface area (Å²) in [5.74, 6) is 0. The van der Waals surface area contributed by atoms with Crippen LogP contribution >= 0.6 is 11.3 Å². The number of benzene rings is 7. The summed E-state index contributed by atoms with van der Waals surface area (Å²) in [5.41, 5.74) is 11.3. The second-order valence-corrected chi connectivity index (χ2v) is 13.7. The Morgan fingerprint density at radius 1 is 0.489 bits per heavy atom. The topological polar surface area (TPSA) is 3.24 Å². The number of hydrogen-bond acceptors (Lipinski definition) is 2. The average molecular weight is 594 g/mol. The van der Waals surface area contributed by atoms with Gasteiger partial charge >= 0.3 is 0 Å². The highest BCUT2D eigenvalue weighted by Crippen LogP contribution is 2.55. The standard InChI is InChI=1S/C43H31NS/c1-43(2)37-23-24-40-42(36-17-8-9-18-39(36)45-40)41(37)35-22-21-34(27-38(35)43)44(32-14-4-3-5-15-32)33-16-10-13-30(26-33)31-20-19-28-11-6-7-12-29(28)25-31/h3-27H,1-2H3. The van der Waals surface area contributed by atoms with E-state index in [0.717, 1.165) is 11.4 Å². The van der Waals surface area contributed by atoms with Crippen LogP contribution < -0.4 is 4.90 Å². The van der Waals surface area contributed by atoms with Crippen LogP contribution in [0.3, 0.4) is 0 Å². The molecule has 0 radical (unpaired) electrons. The first-order chi connectivity index (χ1) is 22.1. The molecule has 0 amide bonds. The molecule has 1 aromatic heterocycles. The van der Waals surface area contributed by atoms with E-state index in [4.69, 9.17) is 0 Å². The second kappa shape index (κ2) is 9.92. The first-order valence-corrected chi connectivity index (χ1v) is 16.4. The third-order valence-corrected chi connectivity index (χ3v) is 10.8. The van der Waals surface area contributed by atoms with Crippen molar-refractivity contribution in [1.29, 1.82) is 0 Å². The van der Waals surface area contributed by atoms with E-state index in [0.29, 0.717) is 0 Å². The predicted octanol–water partition coefficient (Wildman–Crippen LogP) is 12.7. The molecule has 0 bridgehead atoms. The first-order valence-electron chi connectivity index (χ1n) is 15.6. The maximum absolute atomic E-state index is 2.44. The van der Waals surface area contributed by atoms with Crippen molar-refractivity contribution in [3.05, 3.63) is 163 Å². The number of nitrogens with zero attached hydrogens (tertiary/aromatic N) is 1. The third kappa shape index (κ3) is 4.06. The summed E-state index contributed by atoms with van der Waals surface area (Å²) in [7, 11) is 0. The van der Waals surface area contributed by atoms with Crippen LogP contribution in [0, 0.1) is 0 Å². The smallest absolute Gasteiger partial charge is 0.0467 e. The highest BCUT2D eigenvalue weighted by molar-refractivity contribution is 7.26. The molecule has 1 aliphatic rings. The minimum Gasteiger partial charge on any atom is -0.310 e. The van der Waals surface area contributed by atoms with E-state index in [1.807, 2.05) is 11.3 Å². The zero-order valence-electron chi connectivity index (χ0n) is 25.3. The lowest BCUT2D eigenvalue weighted by Gasteiger charge is -2.28. The van der Waals surface area contributed by atoms with Gasteiger partial charge in [0.05, 0.1) is 0 Å². The van der Waals surface area contributed by atoms with E-state index in [1.54, 1.807) is 0 Å². The molecule has 0 unspecified atom stereocenters. The number of hydrogen-bond donors (Lipinski definition) is 0. The van der Waals surface area contributed by atoms with Crippen LogP contribution in [0.5, 0.6) is 0 Å². The second-order valence-electron chi connectivity index (χ2n) is 12.6. The largest absolute Gasteiger partial charge is 0.310 e. The van der Waals surface area contributed by atoms with Gasteiger partial charge in [0.25, 0.3) is 0 Å². The summed E-state index contributed by atoms with van der Waals surface area (Å²) < 4.78 is 2.71. The van der Waals surface area contributed by atoms with Gasteiger partial charge in [0.15, 0.2) is 0 Å². The highest BCUT2D eigenvalue weighted by Gasteiger charge is 2.37. The number of rotatable bonds is 4. The zero-order chi connectivity index (χ0) is 30.1. The van der Waals surface area contributed by atoms with Crippen molar-refractivity contribution in [2.24, 2.45) is 0 Å². The molecule has 0 fully saturated rings. The molecule has 0 saturated heterocycles. The molecular weight excluding hydrogens is 563 g/mol. The summed E-state index contributed by atoms with van der Waals surface area (Å²) in [6.45, 7) is 4.77. The number of thiophene rings is 1. The lowest BCUT2D eigenvalue weighted by molar-refractivity contribution is 0.661. The summed E-state index contributed by atoms with van der Waals surface area (Å²) in [6.07, 6.45) is 0. The van der Waals surface area contributed by atoms with Crippen LogP contribution in [0.15, 0.2) is 152 Å². The third-order valence-electron chi connectivity index (χ3n) is 9.62. The van der Waals surface area contributed by atoms with E-state index < -0.39 is 0 Å². The van der Waals surface area contributed by atoms with Crippen molar-refractivity contribution in [2.45, 2.75) is 19.3 Å². The summed E-state index contributed by atoms with van der Waals surface area (Å²) in [5, 5.41) is 5.28. The van der Waals surface area contributed by atoms with Crippen molar-refractivity contribution in [2.75, 3.05) is 4.90 Å². The number of fused-ring (bicyclic) bond motifs is 8. The van der Waals surface area contributed by atoms with E-state index >= 15 is 0 Å². The zero-order valence-corrected chi connectivity index (χ0v) is 26.1. The Morgan fingerprint density at radius 2 is 1.22 bits per heavy atom. The lowest BCUT2D eigenvalue weighted by Crippen LogP contribution is -2.16. The summed E-state index contributed by atoms with van der Waals surface area (Å²) >= 11 is 1.90. The Hall–Kier alpha value is -5.18. The molecule has 45 heavy (non-hydrogen) atoms. The van der Waals surface area contributed by atoms with Crippen molar-refractivity contribution >= 4 is 59.3 Å². The molecule has 0 N–H and O–H groups in total. The molecular formula is C43H31NS. The quantitative estimate of drug-likeness (QED) is 0.196. The molecule has 0 saturated carbocycles. The van der Waals surface area contributed by atoms with Gasteiger partial charge in [0, 0.05) is 42.6 Å². The molecule has 214 valence electrons. The van der Waals surface area contributed by atoms with Gasteiger partial charge in [-0.3, -0.25) is 0 Å². The highest BCUT2D eigenvalue weighted by atomic mass is 32.1. The van der Waals surface area contributed by atoms with Crippen molar-refractivity contribution in [1.82, 2.24) is 0 Å². The van der Waals surface area contributed by atoms with Crippen molar-refractivity contribution in [3.8, 4) is 22.3 Å². The van der Waals surface area contributed by atoms with Gasteiger partial charge in [0.1, 0.15) is 0 Å². The van der Waals surface area contributed by atoms with Gasteiger partial charge in [-0.25, -0.2) is 0 Å². The Balaban J connectivity index is 1.22. The lowest BCUT2D eigenvalue weighted by atomic mass is 9.82. The Kier molecular flexibility index (Phi) is 5.78. The van der Waals surface area contributed by atoms with Crippen molar-refractivity contribution in [3.63, 3.8) is 0 Å². The maximum Gasteiger partial charge on any atom is 0.0467 e. The minimum atomic E-state index is -0.118. The average Bonchev–Trinajstić information content (AvgIpc) is 3.57. The molecule has 7 aromatic carbocycles. The van der Waals surface area contributed by atoms with Gasteiger partial charge in [-0.2, -0.15) is 0 Å². The van der Waals surface area contributed by atoms with Crippen LogP contribution in [0.2, 0.25) is 0 Å². The van der Waals surface area contributed by atoms with Crippen LogP contribution in [-0.2, 0) is 5.41 Å². The monoisotopic (exact) mass is 593 g/mol. The Bertz CT molecular complexity index is 2410. The molecule has 0 aliphatic heterocycles. The molecule has 9 rings (SSSR count). The molecule has 1 heterocycles. The van der Waals surface area contributed by atoms with E-state index in [9.17, 15) is 0 Å². The maximum atomic E-state index is 2.44. The van der Waals surface area contributed by atoms with E-state index in [1.165, 1.54) is 70.0 Å². The Labute approximate surface area is 267 Å². The van der Waals surface area contributed by atoms with Gasteiger partial charge in [-0.05, 0) is 98.8 Å². The normalized spacial score (nSPS) is 13.3. The minimum absolute atomic E-state index is 0.118. The fourth-order valence-corrected chi connectivity index (χ4v) is 8.50. The van der Waals surface area contributed by atoms with Gasteiger partial charge < -0.3 is 4.90 Å². The Morgan fingerprint density at radius 3 is 2.11 bits per heavy atom.